The third-order valence-corrected chi connectivity index (χ3v) is 4.89. The van der Waals surface area contributed by atoms with Gasteiger partial charge in [-0.25, -0.2) is 9.59 Å². The number of hydrogen-bond acceptors (Lipinski definition) is 6. The number of aromatic nitrogens is 1. The topological polar surface area (TPSA) is 163 Å². The Kier molecular flexibility index (Phi) is 6.05. The van der Waals surface area contributed by atoms with Crippen LogP contribution in [0.2, 0.25) is 0 Å². The first-order valence-corrected chi connectivity index (χ1v) is 9.33. The monoisotopic (exact) mass is 415 g/mol. The van der Waals surface area contributed by atoms with Crippen molar-refractivity contribution in [2.24, 2.45) is 0 Å². The Balaban J connectivity index is 1.87. The van der Waals surface area contributed by atoms with Gasteiger partial charge in [0.2, 0.25) is 0 Å². The summed E-state index contributed by atoms with van der Waals surface area (Å²) < 4.78 is 5.50. The molecule has 5 N–H and O–H groups in total. The van der Waals surface area contributed by atoms with E-state index in [1.54, 1.807) is 4.90 Å². The first kappa shape index (κ1) is 20.9. The van der Waals surface area contributed by atoms with Crippen LogP contribution >= 0.6 is 0 Å². The number of carboxylic acid groups (broad SMARTS) is 2. The second-order valence-corrected chi connectivity index (χ2v) is 6.86. The second-order valence-electron chi connectivity index (χ2n) is 6.86. The zero-order valence-electron chi connectivity index (χ0n) is 16.0. The lowest BCUT2D eigenvalue weighted by atomic mass is 9.95. The number of aromatic carboxylic acids is 2. The molecule has 1 aromatic carbocycles. The van der Waals surface area contributed by atoms with Crippen LogP contribution in [0.15, 0.2) is 29.1 Å². The molecule has 2 heterocycles. The van der Waals surface area contributed by atoms with Crippen molar-refractivity contribution in [2.45, 2.75) is 19.3 Å². The molecule has 0 spiro atoms. The molecule has 0 saturated carbocycles. The minimum atomic E-state index is -1.58. The summed E-state index contributed by atoms with van der Waals surface area (Å²) in [4.78, 5) is 51.3. The number of carbonyl (C=O) groups excluding carboxylic acids is 1. The standard InChI is InChI=1S/C20H21N3O7/c21-17-15(19(26)27)14(16(20(28)29)18(25)22-17)11-4-6-12(7-5-11)30-10-13(24)23-8-2-1-3-9-23/h4-7H,1-3,8-10H2,(H,26,27)(H,28,29)(H3,21,22,25). The number of rotatable bonds is 6. The second kappa shape index (κ2) is 8.68. The minimum absolute atomic E-state index is 0.123. The van der Waals surface area contributed by atoms with Gasteiger partial charge in [0.25, 0.3) is 11.5 Å². The zero-order chi connectivity index (χ0) is 21.8. The van der Waals surface area contributed by atoms with E-state index in [2.05, 4.69) is 0 Å². The molecule has 30 heavy (non-hydrogen) atoms. The fourth-order valence-corrected chi connectivity index (χ4v) is 3.43. The normalized spacial score (nSPS) is 13.7. The fraction of sp³-hybridized carbons (Fsp3) is 0.300. The van der Waals surface area contributed by atoms with Crippen LogP contribution in [0.4, 0.5) is 5.82 Å². The van der Waals surface area contributed by atoms with E-state index in [-0.39, 0.29) is 23.6 Å². The number of nitrogen functional groups attached to an aromatic ring is 1. The van der Waals surface area contributed by atoms with Crippen LogP contribution in [-0.4, -0.2) is 57.6 Å². The predicted octanol–water partition coefficient (Wildman–Crippen LogP) is 1.41. The van der Waals surface area contributed by atoms with Crippen LogP contribution < -0.4 is 16.0 Å². The number of ether oxygens (including phenoxy) is 1. The van der Waals surface area contributed by atoms with Crippen molar-refractivity contribution < 1.29 is 29.3 Å². The van der Waals surface area contributed by atoms with Crippen LogP contribution in [0.3, 0.4) is 0 Å². The largest absolute Gasteiger partial charge is 0.484 e. The van der Waals surface area contributed by atoms with Crippen LogP contribution in [0, 0.1) is 0 Å². The Morgan fingerprint density at radius 2 is 1.60 bits per heavy atom. The van der Waals surface area contributed by atoms with E-state index >= 15 is 0 Å². The van der Waals surface area contributed by atoms with Gasteiger partial charge in [-0.3, -0.25) is 9.59 Å². The maximum absolute atomic E-state index is 12.2. The molecule has 10 heteroatoms. The lowest BCUT2D eigenvalue weighted by Gasteiger charge is -2.26. The van der Waals surface area contributed by atoms with E-state index in [1.807, 2.05) is 4.98 Å². The Bertz CT molecular complexity index is 1040. The predicted molar refractivity (Wildman–Crippen MR) is 107 cm³/mol. The number of carboxylic acids is 2. The molecule has 0 unspecified atom stereocenters. The van der Waals surface area contributed by atoms with Gasteiger partial charge in [-0.1, -0.05) is 12.1 Å². The number of pyridine rings is 1. The summed E-state index contributed by atoms with van der Waals surface area (Å²) in [5.74, 6) is -3.28. The number of piperidine rings is 1. The maximum atomic E-state index is 12.2. The third kappa shape index (κ3) is 4.27. The quantitative estimate of drug-likeness (QED) is 0.550. The third-order valence-electron chi connectivity index (χ3n) is 4.89. The molecule has 2 aromatic rings. The molecule has 158 valence electrons. The average molecular weight is 415 g/mol. The highest BCUT2D eigenvalue weighted by Gasteiger charge is 2.26. The van der Waals surface area contributed by atoms with Gasteiger partial charge in [-0.05, 0) is 37.0 Å². The number of amides is 1. The summed E-state index contributed by atoms with van der Waals surface area (Å²) in [7, 11) is 0. The van der Waals surface area contributed by atoms with E-state index < -0.39 is 34.4 Å². The molecule has 0 aliphatic carbocycles. The van der Waals surface area contributed by atoms with Gasteiger partial charge >= 0.3 is 11.9 Å². The van der Waals surface area contributed by atoms with Gasteiger partial charge in [-0.2, -0.15) is 0 Å². The molecule has 0 atom stereocenters. The lowest BCUT2D eigenvalue weighted by molar-refractivity contribution is -0.134. The SMILES string of the molecule is Nc1[nH]c(=O)c(C(=O)O)c(-c2ccc(OCC(=O)N3CCCCC3)cc2)c1C(=O)O. The Labute approximate surface area is 170 Å². The van der Waals surface area contributed by atoms with Crippen molar-refractivity contribution in [3.05, 3.63) is 45.7 Å². The van der Waals surface area contributed by atoms with Crippen LogP contribution in [0.1, 0.15) is 40.0 Å². The van der Waals surface area contributed by atoms with Crippen molar-refractivity contribution in [1.29, 1.82) is 0 Å². The smallest absolute Gasteiger partial charge is 0.342 e. The molecule has 0 radical (unpaired) electrons. The first-order chi connectivity index (χ1) is 14.3. The van der Waals surface area contributed by atoms with Crippen molar-refractivity contribution in [3.63, 3.8) is 0 Å². The Morgan fingerprint density at radius 1 is 1.00 bits per heavy atom. The van der Waals surface area contributed by atoms with Crippen molar-refractivity contribution in [3.8, 4) is 16.9 Å². The van der Waals surface area contributed by atoms with Gasteiger partial charge in [-0.15, -0.1) is 0 Å². The molecule has 0 bridgehead atoms. The summed E-state index contributed by atoms with van der Waals surface area (Å²) in [6.45, 7) is 1.28. The van der Waals surface area contributed by atoms with Crippen LogP contribution in [-0.2, 0) is 4.79 Å². The highest BCUT2D eigenvalue weighted by Crippen LogP contribution is 2.30. The molecule has 10 nitrogen and oxygen atoms in total. The number of hydrogen-bond donors (Lipinski definition) is 4. The number of nitrogens with zero attached hydrogens (tertiary/aromatic N) is 1. The molecule has 1 saturated heterocycles. The van der Waals surface area contributed by atoms with Crippen molar-refractivity contribution in [2.75, 3.05) is 25.4 Å². The van der Waals surface area contributed by atoms with Gasteiger partial charge in [0.1, 0.15) is 22.7 Å². The number of aromatic amines is 1. The summed E-state index contributed by atoms with van der Waals surface area (Å²) in [6.07, 6.45) is 3.05. The van der Waals surface area contributed by atoms with Gasteiger partial charge in [0.05, 0.1) is 0 Å². The number of H-pyrrole nitrogens is 1. The number of carbonyl (C=O) groups is 3. The molecular weight excluding hydrogens is 394 g/mol. The summed E-state index contributed by atoms with van der Waals surface area (Å²) in [5, 5.41) is 18.9. The van der Waals surface area contributed by atoms with E-state index in [1.165, 1.54) is 24.3 Å². The molecule has 1 aliphatic heterocycles. The highest BCUT2D eigenvalue weighted by atomic mass is 16.5. The van der Waals surface area contributed by atoms with Gasteiger partial charge < -0.3 is 30.6 Å². The van der Waals surface area contributed by atoms with E-state index in [9.17, 15) is 29.4 Å². The Hall–Kier alpha value is -3.82. The van der Waals surface area contributed by atoms with Crippen molar-refractivity contribution >= 4 is 23.7 Å². The van der Waals surface area contributed by atoms with Gasteiger partial charge in [0.15, 0.2) is 6.61 Å². The highest BCUT2D eigenvalue weighted by molar-refractivity contribution is 6.07. The molecule has 1 aromatic heterocycles. The molecule has 1 amide bonds. The maximum Gasteiger partial charge on any atom is 0.342 e. The molecule has 1 fully saturated rings. The van der Waals surface area contributed by atoms with Crippen LogP contribution in [0.5, 0.6) is 5.75 Å². The van der Waals surface area contributed by atoms with E-state index in [4.69, 9.17) is 10.5 Å². The van der Waals surface area contributed by atoms with Crippen molar-refractivity contribution in [1.82, 2.24) is 9.88 Å². The average Bonchev–Trinajstić information content (AvgIpc) is 2.71. The lowest BCUT2D eigenvalue weighted by Crippen LogP contribution is -2.38. The van der Waals surface area contributed by atoms with Gasteiger partial charge in [0, 0.05) is 18.7 Å². The summed E-state index contributed by atoms with van der Waals surface area (Å²) in [5.41, 5.74) is 3.23. The molecule has 3 rings (SSSR count). The summed E-state index contributed by atoms with van der Waals surface area (Å²) in [6, 6.07) is 5.75. The summed E-state index contributed by atoms with van der Waals surface area (Å²) >= 11 is 0. The Morgan fingerprint density at radius 3 is 2.17 bits per heavy atom. The minimum Gasteiger partial charge on any atom is -0.484 e. The number of anilines is 1. The number of benzene rings is 1. The number of likely N-dealkylation sites (tertiary alicyclic amines) is 1. The van der Waals surface area contributed by atoms with E-state index in [0.29, 0.717) is 18.8 Å². The molecule has 1 aliphatic rings. The molecular formula is C20H21N3O7. The van der Waals surface area contributed by atoms with Crippen LogP contribution in [0.25, 0.3) is 11.1 Å². The first-order valence-electron chi connectivity index (χ1n) is 9.33. The zero-order valence-corrected chi connectivity index (χ0v) is 16.0. The number of nitrogens with one attached hydrogen (secondary N) is 1. The number of nitrogens with two attached hydrogens (primary N) is 1. The fourth-order valence-electron chi connectivity index (χ4n) is 3.43. The van der Waals surface area contributed by atoms with E-state index in [0.717, 1.165) is 19.3 Å².